The largest absolute Gasteiger partial charge is 0.411 e. The molecule has 0 unspecified atom stereocenters. The minimum Gasteiger partial charge on any atom is -0.370 e. The van der Waals surface area contributed by atoms with Crippen molar-refractivity contribution < 1.29 is 22.8 Å². The van der Waals surface area contributed by atoms with Crippen LogP contribution in [0.4, 0.5) is 24.7 Å². The fourth-order valence-electron chi connectivity index (χ4n) is 1.28. The summed E-state index contributed by atoms with van der Waals surface area (Å²) in [5.74, 6) is 0.346. The fourth-order valence-corrected chi connectivity index (χ4v) is 1.28. The summed E-state index contributed by atoms with van der Waals surface area (Å²) in [5.41, 5.74) is 0.116. The first-order chi connectivity index (χ1) is 8.79. The third kappa shape index (κ3) is 5.51. The van der Waals surface area contributed by atoms with E-state index in [0.29, 0.717) is 5.82 Å². The van der Waals surface area contributed by atoms with Crippen LogP contribution in [-0.2, 0) is 4.74 Å². The first kappa shape index (κ1) is 15.2. The van der Waals surface area contributed by atoms with Gasteiger partial charge in [-0.2, -0.15) is 13.2 Å². The molecule has 0 saturated heterocycles. The van der Waals surface area contributed by atoms with Gasteiger partial charge in [-0.15, -0.1) is 0 Å². The van der Waals surface area contributed by atoms with Gasteiger partial charge >= 0.3 is 6.18 Å². The highest BCUT2D eigenvalue weighted by atomic mass is 19.4. The molecule has 19 heavy (non-hydrogen) atoms. The molecule has 0 atom stereocenters. The molecule has 0 radical (unpaired) electrons. The van der Waals surface area contributed by atoms with E-state index in [9.17, 15) is 23.3 Å². The quantitative estimate of drug-likeness (QED) is 0.491. The van der Waals surface area contributed by atoms with Crippen LogP contribution in [0.3, 0.4) is 0 Å². The molecule has 1 aromatic rings. The number of nitro groups is 1. The van der Waals surface area contributed by atoms with Crippen molar-refractivity contribution in [2.75, 3.05) is 25.1 Å². The fraction of sp³-hybridized carbons (Fsp3) is 0.500. The second-order valence-electron chi connectivity index (χ2n) is 3.65. The molecule has 0 aliphatic carbocycles. The molecule has 1 aromatic heterocycles. The summed E-state index contributed by atoms with van der Waals surface area (Å²) >= 11 is 0. The molecular weight excluding hydrogens is 267 g/mol. The lowest BCUT2D eigenvalue weighted by atomic mass is 10.3. The van der Waals surface area contributed by atoms with Gasteiger partial charge in [0.15, 0.2) is 0 Å². The van der Waals surface area contributed by atoms with Crippen LogP contribution in [0.1, 0.15) is 5.69 Å². The SMILES string of the molecule is Cc1nc(NCCOCC(F)(F)F)ccc1[N+](=O)[O-]. The molecule has 9 heteroatoms. The van der Waals surface area contributed by atoms with Crippen LogP contribution in [-0.4, -0.2) is 35.8 Å². The Balaban J connectivity index is 2.38. The lowest BCUT2D eigenvalue weighted by Gasteiger charge is -2.09. The van der Waals surface area contributed by atoms with Gasteiger partial charge in [0.25, 0.3) is 5.69 Å². The Bertz CT molecular complexity index is 451. The van der Waals surface area contributed by atoms with Crippen LogP contribution >= 0.6 is 0 Å². The summed E-state index contributed by atoms with van der Waals surface area (Å²) in [4.78, 5) is 13.9. The van der Waals surface area contributed by atoms with Crippen LogP contribution in [0.25, 0.3) is 0 Å². The number of aryl methyl sites for hydroxylation is 1. The van der Waals surface area contributed by atoms with Gasteiger partial charge in [0, 0.05) is 12.6 Å². The number of hydrogen-bond acceptors (Lipinski definition) is 5. The molecule has 1 rings (SSSR count). The smallest absolute Gasteiger partial charge is 0.370 e. The normalized spacial score (nSPS) is 11.4. The Labute approximate surface area is 106 Å². The predicted octanol–water partition coefficient (Wildman–Crippen LogP) is 2.29. The summed E-state index contributed by atoms with van der Waals surface area (Å²) in [6, 6.07) is 2.66. The van der Waals surface area contributed by atoms with Gasteiger partial charge in [-0.05, 0) is 13.0 Å². The van der Waals surface area contributed by atoms with Gasteiger partial charge in [-0.25, -0.2) is 4.98 Å². The highest BCUT2D eigenvalue weighted by molar-refractivity contribution is 5.44. The van der Waals surface area contributed by atoms with Crippen LogP contribution in [0.2, 0.25) is 0 Å². The molecule has 0 aromatic carbocycles. The van der Waals surface area contributed by atoms with E-state index < -0.39 is 17.7 Å². The first-order valence-electron chi connectivity index (χ1n) is 5.30. The van der Waals surface area contributed by atoms with Crippen LogP contribution in [0.5, 0.6) is 0 Å². The summed E-state index contributed by atoms with van der Waals surface area (Å²) < 4.78 is 39.7. The van der Waals surface area contributed by atoms with Gasteiger partial charge in [0.05, 0.1) is 11.5 Å². The molecule has 0 spiro atoms. The molecule has 0 aliphatic rings. The Morgan fingerprint density at radius 2 is 2.16 bits per heavy atom. The zero-order chi connectivity index (χ0) is 14.5. The maximum atomic E-state index is 11.8. The maximum Gasteiger partial charge on any atom is 0.411 e. The van der Waals surface area contributed by atoms with Crippen LogP contribution in [0.15, 0.2) is 12.1 Å². The lowest BCUT2D eigenvalue weighted by Crippen LogP contribution is -2.20. The van der Waals surface area contributed by atoms with Crippen molar-refractivity contribution in [2.24, 2.45) is 0 Å². The van der Waals surface area contributed by atoms with Crippen LogP contribution < -0.4 is 5.32 Å². The highest BCUT2D eigenvalue weighted by Gasteiger charge is 2.27. The topological polar surface area (TPSA) is 77.3 Å². The number of rotatable bonds is 6. The van der Waals surface area contributed by atoms with Crippen molar-refractivity contribution in [1.29, 1.82) is 0 Å². The number of aromatic nitrogens is 1. The van der Waals surface area contributed by atoms with Gasteiger partial charge in [0.1, 0.15) is 18.1 Å². The molecular formula is C10H12F3N3O3. The number of nitrogens with zero attached hydrogens (tertiary/aromatic N) is 2. The van der Waals surface area contributed by atoms with E-state index in [1.54, 1.807) is 0 Å². The van der Waals surface area contributed by atoms with Crippen molar-refractivity contribution in [3.05, 3.63) is 27.9 Å². The number of halogens is 3. The molecule has 0 bridgehead atoms. The first-order valence-corrected chi connectivity index (χ1v) is 5.30. The molecule has 6 nitrogen and oxygen atoms in total. The van der Waals surface area contributed by atoms with E-state index in [-0.39, 0.29) is 24.5 Å². The van der Waals surface area contributed by atoms with Crippen molar-refractivity contribution in [1.82, 2.24) is 4.98 Å². The van der Waals surface area contributed by atoms with Gasteiger partial charge < -0.3 is 10.1 Å². The Morgan fingerprint density at radius 3 is 2.68 bits per heavy atom. The van der Waals surface area contributed by atoms with Gasteiger partial charge in [-0.3, -0.25) is 10.1 Å². The average molecular weight is 279 g/mol. The summed E-state index contributed by atoms with van der Waals surface area (Å²) in [6.07, 6.45) is -4.35. The molecule has 1 heterocycles. The minimum atomic E-state index is -4.35. The molecule has 106 valence electrons. The zero-order valence-electron chi connectivity index (χ0n) is 10.0. The lowest BCUT2D eigenvalue weighted by molar-refractivity contribution is -0.385. The third-order valence-corrected chi connectivity index (χ3v) is 2.07. The predicted molar refractivity (Wildman–Crippen MR) is 61.0 cm³/mol. The molecule has 1 N–H and O–H groups in total. The minimum absolute atomic E-state index is 0.112. The second kappa shape index (κ2) is 6.32. The van der Waals surface area contributed by atoms with E-state index in [1.807, 2.05) is 0 Å². The number of alkyl halides is 3. The van der Waals surface area contributed by atoms with E-state index in [0.717, 1.165) is 0 Å². The van der Waals surface area contributed by atoms with E-state index in [1.165, 1.54) is 19.1 Å². The maximum absolute atomic E-state index is 11.8. The molecule has 0 aliphatic heterocycles. The van der Waals surface area contributed by atoms with Gasteiger partial charge in [-0.1, -0.05) is 0 Å². The van der Waals surface area contributed by atoms with Crippen molar-refractivity contribution in [3.8, 4) is 0 Å². The summed E-state index contributed by atoms with van der Waals surface area (Å²) in [6.45, 7) is 0.155. The van der Waals surface area contributed by atoms with Crippen LogP contribution in [0, 0.1) is 17.0 Å². The highest BCUT2D eigenvalue weighted by Crippen LogP contribution is 2.17. The Hall–Kier alpha value is -1.90. The number of anilines is 1. The second-order valence-corrected chi connectivity index (χ2v) is 3.65. The number of ether oxygens (including phenoxy) is 1. The number of hydrogen-bond donors (Lipinski definition) is 1. The number of nitrogens with one attached hydrogen (secondary N) is 1. The average Bonchev–Trinajstić information content (AvgIpc) is 2.26. The molecule has 0 saturated carbocycles. The van der Waals surface area contributed by atoms with E-state index >= 15 is 0 Å². The van der Waals surface area contributed by atoms with Gasteiger partial charge in [0.2, 0.25) is 0 Å². The molecule has 0 fully saturated rings. The number of pyridine rings is 1. The summed E-state index contributed by atoms with van der Waals surface area (Å²) in [5, 5.41) is 13.3. The zero-order valence-corrected chi connectivity index (χ0v) is 10.0. The van der Waals surface area contributed by atoms with Crippen molar-refractivity contribution in [2.45, 2.75) is 13.1 Å². The van der Waals surface area contributed by atoms with Crippen molar-refractivity contribution in [3.63, 3.8) is 0 Å². The van der Waals surface area contributed by atoms with E-state index in [2.05, 4.69) is 15.0 Å². The standard InChI is InChI=1S/C10H12F3N3O3/c1-7-8(16(17)18)2-3-9(15-7)14-4-5-19-6-10(11,12)13/h2-3H,4-6H2,1H3,(H,14,15). The monoisotopic (exact) mass is 279 g/mol. The Morgan fingerprint density at radius 1 is 1.47 bits per heavy atom. The summed E-state index contributed by atoms with van der Waals surface area (Å²) in [7, 11) is 0. The third-order valence-electron chi connectivity index (χ3n) is 2.07. The van der Waals surface area contributed by atoms with E-state index in [4.69, 9.17) is 0 Å². The molecule has 0 amide bonds. The Kier molecular flexibility index (Phi) is 5.04. The van der Waals surface area contributed by atoms with Crippen molar-refractivity contribution >= 4 is 11.5 Å².